The van der Waals surface area contributed by atoms with Crippen LogP contribution >= 0.6 is 0 Å². The Kier molecular flexibility index (Phi) is 3.54. The predicted octanol–water partition coefficient (Wildman–Crippen LogP) is 0.947. The number of aromatic nitrogens is 4. The average molecular weight is 331 g/mol. The van der Waals surface area contributed by atoms with E-state index in [4.69, 9.17) is 4.42 Å². The molecule has 2 aromatic rings. The summed E-state index contributed by atoms with van der Waals surface area (Å²) in [4.78, 5) is 30.5. The van der Waals surface area contributed by atoms with Crippen LogP contribution in [0.1, 0.15) is 42.8 Å². The third-order valence-corrected chi connectivity index (χ3v) is 5.17. The third-order valence-electron chi connectivity index (χ3n) is 5.17. The lowest BCUT2D eigenvalue weighted by atomic mass is 9.94. The van der Waals surface area contributed by atoms with Gasteiger partial charge in [0.2, 0.25) is 5.91 Å². The van der Waals surface area contributed by atoms with E-state index in [1.807, 2.05) is 4.90 Å². The van der Waals surface area contributed by atoms with Crippen molar-refractivity contribution in [3.05, 3.63) is 34.2 Å². The van der Waals surface area contributed by atoms with E-state index in [0.717, 1.165) is 6.42 Å². The van der Waals surface area contributed by atoms with Gasteiger partial charge in [0.25, 0.3) is 0 Å². The summed E-state index contributed by atoms with van der Waals surface area (Å²) in [5.74, 6) is 2.78. The zero-order chi connectivity index (χ0) is 16.8. The monoisotopic (exact) mass is 331 g/mol. The van der Waals surface area contributed by atoms with Gasteiger partial charge in [0.05, 0.1) is 18.7 Å². The molecule has 0 spiro atoms. The fraction of sp³-hybridized carbons (Fsp3) is 0.625. The molecule has 1 saturated carbocycles. The molecular formula is C16H21N5O3. The molecule has 4 rings (SSSR count). The van der Waals surface area contributed by atoms with Crippen molar-refractivity contribution in [2.24, 2.45) is 18.9 Å². The van der Waals surface area contributed by atoms with E-state index in [-0.39, 0.29) is 24.1 Å². The maximum absolute atomic E-state index is 12.8. The lowest BCUT2D eigenvalue weighted by Crippen LogP contribution is -2.35. The summed E-state index contributed by atoms with van der Waals surface area (Å²) in [5.41, 5.74) is -0.246. The molecule has 1 saturated heterocycles. The molecule has 1 amide bonds. The molecule has 1 aliphatic heterocycles. The third kappa shape index (κ3) is 2.55. The molecule has 3 heterocycles. The van der Waals surface area contributed by atoms with E-state index >= 15 is 0 Å². The van der Waals surface area contributed by atoms with Gasteiger partial charge in [-0.2, -0.15) is 5.10 Å². The summed E-state index contributed by atoms with van der Waals surface area (Å²) in [5, 5.41) is 6.69. The van der Waals surface area contributed by atoms with Crippen molar-refractivity contribution in [1.82, 2.24) is 24.6 Å². The normalized spacial score (nSPS) is 23.8. The Bertz CT molecular complexity index is 816. The molecule has 24 heavy (non-hydrogen) atoms. The van der Waals surface area contributed by atoms with Gasteiger partial charge in [0.15, 0.2) is 11.7 Å². The van der Waals surface area contributed by atoms with Crippen LogP contribution in [-0.4, -0.2) is 37.1 Å². The Morgan fingerprint density at radius 2 is 2.21 bits per heavy atom. The number of carbonyl (C=O) groups excluding carboxylic acids is 1. The van der Waals surface area contributed by atoms with Crippen LogP contribution in [0.2, 0.25) is 0 Å². The van der Waals surface area contributed by atoms with Gasteiger partial charge in [-0.3, -0.25) is 9.36 Å². The van der Waals surface area contributed by atoms with Crippen LogP contribution in [0.5, 0.6) is 0 Å². The standard InChI is InChI=1S/C16H21N5O3/c1-9-17-8-11(24-9)7-13(22)21-6-5-12(10-3-4-10)14(21)15-18-19-16(23)20(15)2/h8,10,12,14H,3-7H2,1-2H3,(H,19,23). The summed E-state index contributed by atoms with van der Waals surface area (Å²) in [6.45, 7) is 2.45. The Hall–Kier alpha value is -2.38. The molecule has 8 nitrogen and oxygen atoms in total. The molecule has 0 radical (unpaired) electrons. The van der Waals surface area contributed by atoms with Crippen molar-refractivity contribution in [1.29, 1.82) is 0 Å². The van der Waals surface area contributed by atoms with Crippen LogP contribution in [0.3, 0.4) is 0 Å². The highest BCUT2D eigenvalue weighted by atomic mass is 16.4. The zero-order valence-corrected chi connectivity index (χ0v) is 13.9. The van der Waals surface area contributed by atoms with E-state index in [9.17, 15) is 9.59 Å². The van der Waals surface area contributed by atoms with E-state index < -0.39 is 0 Å². The number of likely N-dealkylation sites (tertiary alicyclic amines) is 1. The molecule has 2 fully saturated rings. The van der Waals surface area contributed by atoms with Crippen molar-refractivity contribution in [3.63, 3.8) is 0 Å². The molecule has 2 unspecified atom stereocenters. The van der Waals surface area contributed by atoms with Crippen LogP contribution in [-0.2, 0) is 18.3 Å². The van der Waals surface area contributed by atoms with E-state index in [1.54, 1.807) is 20.2 Å². The highest BCUT2D eigenvalue weighted by Gasteiger charge is 2.47. The topological polar surface area (TPSA) is 97.0 Å². The van der Waals surface area contributed by atoms with Gasteiger partial charge in [-0.15, -0.1) is 0 Å². The van der Waals surface area contributed by atoms with Crippen molar-refractivity contribution < 1.29 is 9.21 Å². The van der Waals surface area contributed by atoms with Crippen LogP contribution in [0.25, 0.3) is 0 Å². The number of nitrogens with one attached hydrogen (secondary N) is 1. The summed E-state index contributed by atoms with van der Waals surface area (Å²) in [6, 6.07) is -0.141. The maximum atomic E-state index is 12.8. The highest BCUT2D eigenvalue weighted by Crippen LogP contribution is 2.49. The minimum Gasteiger partial charge on any atom is -0.446 e. The second kappa shape index (κ2) is 5.61. The molecule has 0 bridgehead atoms. The second-order valence-corrected chi connectivity index (χ2v) is 6.79. The van der Waals surface area contributed by atoms with E-state index in [1.165, 1.54) is 17.4 Å². The molecule has 128 valence electrons. The van der Waals surface area contributed by atoms with E-state index in [0.29, 0.717) is 35.9 Å². The van der Waals surface area contributed by atoms with Crippen LogP contribution in [0.15, 0.2) is 15.4 Å². The van der Waals surface area contributed by atoms with Crippen molar-refractivity contribution in [2.75, 3.05) is 6.54 Å². The second-order valence-electron chi connectivity index (χ2n) is 6.79. The lowest BCUT2D eigenvalue weighted by Gasteiger charge is -2.27. The minimum atomic E-state index is -0.246. The van der Waals surface area contributed by atoms with Gasteiger partial charge in [0.1, 0.15) is 5.76 Å². The zero-order valence-electron chi connectivity index (χ0n) is 13.9. The van der Waals surface area contributed by atoms with E-state index in [2.05, 4.69) is 15.2 Å². The summed E-state index contributed by atoms with van der Waals surface area (Å²) < 4.78 is 6.95. The molecule has 2 aromatic heterocycles. The molecule has 1 N–H and O–H groups in total. The molecular weight excluding hydrogens is 310 g/mol. The number of aromatic amines is 1. The number of hydrogen-bond donors (Lipinski definition) is 1. The molecule has 0 aromatic carbocycles. The number of H-pyrrole nitrogens is 1. The Labute approximate surface area is 138 Å². The van der Waals surface area contributed by atoms with Gasteiger partial charge >= 0.3 is 5.69 Å². The number of carbonyl (C=O) groups is 1. The quantitative estimate of drug-likeness (QED) is 0.899. The van der Waals surface area contributed by atoms with Gasteiger partial charge in [-0.05, 0) is 31.1 Å². The first-order chi connectivity index (χ1) is 11.5. The summed E-state index contributed by atoms with van der Waals surface area (Å²) >= 11 is 0. The Morgan fingerprint density at radius 1 is 1.42 bits per heavy atom. The maximum Gasteiger partial charge on any atom is 0.343 e. The van der Waals surface area contributed by atoms with Gasteiger partial charge < -0.3 is 9.32 Å². The molecule has 1 aliphatic carbocycles. The van der Waals surface area contributed by atoms with Gasteiger partial charge in [-0.1, -0.05) is 0 Å². The Morgan fingerprint density at radius 3 is 2.79 bits per heavy atom. The summed E-state index contributed by atoms with van der Waals surface area (Å²) in [7, 11) is 1.70. The molecule has 2 aliphatic rings. The summed E-state index contributed by atoms with van der Waals surface area (Å²) in [6.07, 6.45) is 5.14. The van der Waals surface area contributed by atoms with Crippen molar-refractivity contribution >= 4 is 5.91 Å². The van der Waals surface area contributed by atoms with Gasteiger partial charge in [0, 0.05) is 20.5 Å². The number of oxazole rings is 1. The smallest absolute Gasteiger partial charge is 0.343 e. The number of nitrogens with zero attached hydrogens (tertiary/aromatic N) is 4. The highest BCUT2D eigenvalue weighted by molar-refractivity contribution is 5.79. The van der Waals surface area contributed by atoms with Crippen molar-refractivity contribution in [2.45, 2.75) is 38.6 Å². The molecule has 2 atom stereocenters. The van der Waals surface area contributed by atoms with Crippen molar-refractivity contribution in [3.8, 4) is 0 Å². The minimum absolute atomic E-state index is 0.00486. The fourth-order valence-corrected chi connectivity index (χ4v) is 3.81. The first-order valence-corrected chi connectivity index (χ1v) is 8.36. The SMILES string of the molecule is Cc1ncc(CC(=O)N2CCC(C3CC3)C2c2n[nH]c(=O)n2C)o1. The Balaban J connectivity index is 1.62. The fourth-order valence-electron chi connectivity index (χ4n) is 3.81. The largest absolute Gasteiger partial charge is 0.446 e. The van der Waals surface area contributed by atoms with Crippen LogP contribution in [0.4, 0.5) is 0 Å². The number of amides is 1. The predicted molar refractivity (Wildman–Crippen MR) is 84.1 cm³/mol. The van der Waals surface area contributed by atoms with Crippen LogP contribution in [0, 0.1) is 18.8 Å². The van der Waals surface area contributed by atoms with Gasteiger partial charge in [-0.25, -0.2) is 14.9 Å². The number of aryl methyl sites for hydroxylation is 1. The first kappa shape index (κ1) is 15.2. The number of rotatable bonds is 4. The number of hydrogen-bond acceptors (Lipinski definition) is 5. The van der Waals surface area contributed by atoms with Crippen LogP contribution < -0.4 is 5.69 Å². The average Bonchev–Trinajstić information content (AvgIpc) is 3.04. The molecule has 8 heteroatoms. The first-order valence-electron chi connectivity index (χ1n) is 8.36. The lowest BCUT2D eigenvalue weighted by molar-refractivity contribution is -0.132.